The molecule has 1 aromatic rings. The van der Waals surface area contributed by atoms with Crippen molar-refractivity contribution in [1.82, 2.24) is 5.32 Å². The third-order valence-corrected chi connectivity index (χ3v) is 4.91. The van der Waals surface area contributed by atoms with Crippen LogP contribution in [0.15, 0.2) is 24.3 Å². The van der Waals surface area contributed by atoms with Gasteiger partial charge in [-0.1, -0.05) is 32.0 Å². The standard InChI is InChI=1S/C18H24F3NO2/c1-3-13(2)16(23)22-12-17(7-9-24-10-8-17)14-5-4-6-15(11-14)18(19,20)21/h4-6,11,13H,3,7-10,12H2,1-2H3,(H,22,23)/t13-/m1/s1. The smallest absolute Gasteiger partial charge is 0.381 e. The van der Waals surface area contributed by atoms with Crippen molar-refractivity contribution in [2.45, 2.75) is 44.7 Å². The first-order valence-electron chi connectivity index (χ1n) is 8.32. The quantitative estimate of drug-likeness (QED) is 0.880. The van der Waals surface area contributed by atoms with Gasteiger partial charge in [0.25, 0.3) is 0 Å². The van der Waals surface area contributed by atoms with Gasteiger partial charge in [-0.25, -0.2) is 0 Å². The first-order chi connectivity index (χ1) is 11.3. The van der Waals surface area contributed by atoms with Gasteiger partial charge in [-0.2, -0.15) is 13.2 Å². The number of hydrogen-bond donors (Lipinski definition) is 1. The maximum Gasteiger partial charge on any atom is 0.416 e. The molecular weight excluding hydrogens is 319 g/mol. The SMILES string of the molecule is CC[C@@H](C)C(=O)NCC1(c2cccc(C(F)(F)F)c2)CCOCC1. The molecule has 1 aromatic carbocycles. The van der Waals surface area contributed by atoms with Crippen LogP contribution < -0.4 is 5.32 Å². The van der Waals surface area contributed by atoms with Crippen LogP contribution in [0, 0.1) is 5.92 Å². The van der Waals surface area contributed by atoms with E-state index < -0.39 is 17.2 Å². The third kappa shape index (κ3) is 4.29. The number of rotatable bonds is 5. The molecule has 1 N–H and O–H groups in total. The summed E-state index contributed by atoms with van der Waals surface area (Å²) in [6, 6.07) is 5.44. The molecular formula is C18H24F3NO2. The van der Waals surface area contributed by atoms with Gasteiger partial charge in [0.2, 0.25) is 5.91 Å². The topological polar surface area (TPSA) is 38.3 Å². The normalized spacial score (nSPS) is 18.9. The lowest BCUT2D eigenvalue weighted by Crippen LogP contribution is -2.45. The van der Waals surface area contributed by atoms with E-state index in [0.29, 0.717) is 38.2 Å². The fourth-order valence-corrected chi connectivity index (χ4v) is 2.97. The van der Waals surface area contributed by atoms with E-state index in [4.69, 9.17) is 4.74 Å². The number of carbonyl (C=O) groups is 1. The molecule has 0 unspecified atom stereocenters. The summed E-state index contributed by atoms with van der Waals surface area (Å²) in [6.45, 7) is 5.07. The molecule has 24 heavy (non-hydrogen) atoms. The van der Waals surface area contributed by atoms with Crippen LogP contribution in [0.1, 0.15) is 44.2 Å². The average molecular weight is 343 g/mol. The molecule has 1 heterocycles. The average Bonchev–Trinajstić information content (AvgIpc) is 2.59. The van der Waals surface area contributed by atoms with E-state index in [1.54, 1.807) is 6.07 Å². The lowest BCUT2D eigenvalue weighted by atomic mass is 9.73. The van der Waals surface area contributed by atoms with Crippen LogP contribution in [0.3, 0.4) is 0 Å². The largest absolute Gasteiger partial charge is 0.416 e. The lowest BCUT2D eigenvalue weighted by molar-refractivity contribution is -0.137. The second-order valence-corrected chi connectivity index (χ2v) is 6.50. The molecule has 134 valence electrons. The molecule has 0 spiro atoms. The van der Waals surface area contributed by atoms with Gasteiger partial charge in [-0.3, -0.25) is 4.79 Å². The van der Waals surface area contributed by atoms with E-state index in [-0.39, 0.29) is 11.8 Å². The third-order valence-electron chi connectivity index (χ3n) is 4.91. The Bertz CT molecular complexity index is 566. The molecule has 1 amide bonds. The summed E-state index contributed by atoms with van der Waals surface area (Å²) in [5.41, 5.74) is -0.549. The van der Waals surface area contributed by atoms with Crippen molar-refractivity contribution >= 4 is 5.91 Å². The molecule has 0 bridgehead atoms. The molecule has 1 fully saturated rings. The monoisotopic (exact) mass is 343 g/mol. The number of alkyl halides is 3. The summed E-state index contributed by atoms with van der Waals surface area (Å²) in [6.07, 6.45) is -2.46. The Morgan fingerprint density at radius 3 is 2.58 bits per heavy atom. The number of hydrogen-bond acceptors (Lipinski definition) is 2. The molecule has 1 aliphatic rings. The second kappa shape index (κ2) is 7.55. The van der Waals surface area contributed by atoms with Gasteiger partial charge >= 0.3 is 6.18 Å². The molecule has 1 atom stereocenters. The number of ether oxygens (including phenoxy) is 1. The van der Waals surface area contributed by atoms with Crippen molar-refractivity contribution in [3.63, 3.8) is 0 Å². The minimum atomic E-state index is -4.37. The molecule has 3 nitrogen and oxygen atoms in total. The predicted octanol–water partition coefficient (Wildman–Crippen LogP) is 3.92. The van der Waals surface area contributed by atoms with Crippen LogP contribution in [-0.2, 0) is 21.1 Å². The van der Waals surface area contributed by atoms with Crippen molar-refractivity contribution < 1.29 is 22.7 Å². The zero-order chi connectivity index (χ0) is 17.8. The van der Waals surface area contributed by atoms with E-state index in [1.165, 1.54) is 12.1 Å². The summed E-state index contributed by atoms with van der Waals surface area (Å²) in [5, 5.41) is 2.92. The number of carbonyl (C=O) groups excluding carboxylic acids is 1. The van der Waals surface area contributed by atoms with Gasteiger partial charge in [0.1, 0.15) is 0 Å². The molecule has 0 saturated carbocycles. The Balaban J connectivity index is 2.26. The highest BCUT2D eigenvalue weighted by molar-refractivity contribution is 5.78. The Morgan fingerprint density at radius 2 is 2.00 bits per heavy atom. The van der Waals surface area contributed by atoms with Gasteiger partial charge < -0.3 is 10.1 Å². The summed E-state index contributed by atoms with van der Waals surface area (Å²) in [5.74, 6) is -0.168. The van der Waals surface area contributed by atoms with Gasteiger partial charge in [0, 0.05) is 31.1 Å². The van der Waals surface area contributed by atoms with E-state index in [0.717, 1.165) is 12.5 Å². The van der Waals surface area contributed by atoms with Gasteiger partial charge in [-0.15, -0.1) is 0 Å². The first kappa shape index (κ1) is 18.8. The minimum absolute atomic E-state index is 0.0599. The molecule has 0 aliphatic carbocycles. The van der Waals surface area contributed by atoms with Gasteiger partial charge in [-0.05, 0) is 30.9 Å². The summed E-state index contributed by atoms with van der Waals surface area (Å²) in [7, 11) is 0. The Hall–Kier alpha value is -1.56. The lowest BCUT2D eigenvalue weighted by Gasteiger charge is -2.38. The molecule has 0 radical (unpaired) electrons. The van der Waals surface area contributed by atoms with E-state index >= 15 is 0 Å². The summed E-state index contributed by atoms with van der Waals surface area (Å²) in [4.78, 5) is 12.1. The van der Waals surface area contributed by atoms with Crippen LogP contribution in [-0.4, -0.2) is 25.7 Å². The molecule has 2 rings (SSSR count). The maximum atomic E-state index is 13.0. The summed E-state index contributed by atoms with van der Waals surface area (Å²) < 4.78 is 44.5. The Labute approximate surface area is 140 Å². The highest BCUT2D eigenvalue weighted by Crippen LogP contribution is 2.37. The van der Waals surface area contributed by atoms with Crippen molar-refractivity contribution in [3.05, 3.63) is 35.4 Å². The molecule has 1 saturated heterocycles. The Kier molecular flexibility index (Phi) is 5.91. The molecule has 1 aliphatic heterocycles. The number of nitrogens with one attached hydrogen (secondary N) is 1. The fourth-order valence-electron chi connectivity index (χ4n) is 2.97. The number of halogens is 3. The highest BCUT2D eigenvalue weighted by Gasteiger charge is 2.37. The number of amides is 1. The maximum absolute atomic E-state index is 13.0. The molecule has 6 heteroatoms. The van der Waals surface area contributed by atoms with E-state index in [1.807, 2.05) is 13.8 Å². The number of benzene rings is 1. The van der Waals surface area contributed by atoms with Crippen molar-refractivity contribution in [3.8, 4) is 0 Å². The van der Waals surface area contributed by atoms with Gasteiger partial charge in [0.05, 0.1) is 5.56 Å². The van der Waals surface area contributed by atoms with Gasteiger partial charge in [0.15, 0.2) is 0 Å². The Morgan fingerprint density at radius 1 is 1.33 bits per heavy atom. The highest BCUT2D eigenvalue weighted by atomic mass is 19.4. The minimum Gasteiger partial charge on any atom is -0.381 e. The van der Waals surface area contributed by atoms with Crippen molar-refractivity contribution in [2.24, 2.45) is 5.92 Å². The van der Waals surface area contributed by atoms with E-state index in [2.05, 4.69) is 5.32 Å². The summed E-state index contributed by atoms with van der Waals surface area (Å²) >= 11 is 0. The van der Waals surface area contributed by atoms with Crippen molar-refractivity contribution in [2.75, 3.05) is 19.8 Å². The van der Waals surface area contributed by atoms with Crippen LogP contribution >= 0.6 is 0 Å². The van der Waals surface area contributed by atoms with E-state index in [9.17, 15) is 18.0 Å². The first-order valence-corrected chi connectivity index (χ1v) is 8.32. The van der Waals surface area contributed by atoms with Crippen LogP contribution in [0.25, 0.3) is 0 Å². The van der Waals surface area contributed by atoms with Crippen LogP contribution in [0.5, 0.6) is 0 Å². The van der Waals surface area contributed by atoms with Crippen molar-refractivity contribution in [1.29, 1.82) is 0 Å². The van der Waals surface area contributed by atoms with Crippen LogP contribution in [0.4, 0.5) is 13.2 Å². The predicted molar refractivity (Wildman–Crippen MR) is 85.6 cm³/mol. The zero-order valence-electron chi connectivity index (χ0n) is 14.1. The van der Waals surface area contributed by atoms with Crippen LogP contribution in [0.2, 0.25) is 0 Å². The second-order valence-electron chi connectivity index (χ2n) is 6.50. The fraction of sp³-hybridized carbons (Fsp3) is 0.611. The molecule has 0 aromatic heterocycles. The zero-order valence-corrected chi connectivity index (χ0v) is 14.1.